The van der Waals surface area contributed by atoms with Gasteiger partial charge in [-0.1, -0.05) is 121 Å². The van der Waals surface area contributed by atoms with Crippen molar-refractivity contribution in [3.8, 4) is 6.07 Å². The molecule has 1 aliphatic heterocycles. The van der Waals surface area contributed by atoms with Crippen LogP contribution in [0.4, 0.5) is 5.69 Å². The lowest BCUT2D eigenvalue weighted by atomic mass is 9.59. The first-order valence-electron chi connectivity index (χ1n) is 15.0. The number of nitrogens with zero attached hydrogens (tertiary/aromatic N) is 2. The first kappa shape index (κ1) is 26.7. The van der Waals surface area contributed by atoms with Crippen LogP contribution in [0.1, 0.15) is 27.8 Å². The van der Waals surface area contributed by atoms with Gasteiger partial charge < -0.3 is 0 Å². The molecule has 1 saturated carbocycles. The predicted molar refractivity (Wildman–Crippen MR) is 172 cm³/mol. The number of imide groups is 1. The normalized spacial score (nSPS) is 25.0. The third-order valence-corrected chi connectivity index (χ3v) is 9.83. The van der Waals surface area contributed by atoms with Gasteiger partial charge in [-0.15, -0.1) is 0 Å². The summed E-state index contributed by atoms with van der Waals surface area (Å²) >= 11 is 0. The van der Waals surface area contributed by atoms with Gasteiger partial charge in [-0.2, -0.15) is 5.26 Å². The van der Waals surface area contributed by atoms with Gasteiger partial charge in [0.1, 0.15) is 0 Å². The lowest BCUT2D eigenvalue weighted by Gasteiger charge is -2.39. The predicted octanol–water partition coefficient (Wildman–Crippen LogP) is 6.75. The molecule has 5 nitrogen and oxygen atoms in total. The number of nitriles is 1. The molecule has 5 aromatic carbocycles. The number of carbonyl (C=O) groups excluding carboxylic acids is 3. The fraction of sp³-hybridized carbons (Fsp3) is 0.100. The summed E-state index contributed by atoms with van der Waals surface area (Å²) in [5.41, 5.74) is 2.50. The van der Waals surface area contributed by atoms with Gasteiger partial charge >= 0.3 is 0 Å². The fourth-order valence-electron chi connectivity index (χ4n) is 8.27. The molecule has 0 unspecified atom stereocenters. The summed E-state index contributed by atoms with van der Waals surface area (Å²) in [5.74, 6) is -2.95. The first-order valence-corrected chi connectivity index (χ1v) is 15.0. The Hall–Kier alpha value is -5.86. The van der Waals surface area contributed by atoms with Gasteiger partial charge in [0.25, 0.3) is 0 Å². The van der Waals surface area contributed by atoms with E-state index in [2.05, 4.69) is 6.07 Å². The van der Waals surface area contributed by atoms with Gasteiger partial charge in [0, 0.05) is 0 Å². The highest BCUT2D eigenvalue weighted by Gasteiger charge is 2.82. The van der Waals surface area contributed by atoms with E-state index >= 15 is 4.79 Å². The maximum absolute atomic E-state index is 15.8. The van der Waals surface area contributed by atoms with Crippen molar-refractivity contribution in [1.82, 2.24) is 0 Å². The van der Waals surface area contributed by atoms with Gasteiger partial charge in [-0.25, -0.2) is 4.90 Å². The van der Waals surface area contributed by atoms with Crippen LogP contribution in [0.2, 0.25) is 0 Å². The number of Topliss-reactive ketones (excluding diaryl/α,β-unsaturated/α-hetero) is 1. The molecule has 5 heteroatoms. The largest absolute Gasteiger partial charge is 0.297 e. The summed E-state index contributed by atoms with van der Waals surface area (Å²) in [6.45, 7) is 0. The topological polar surface area (TPSA) is 78.2 Å². The number of ketones is 1. The Morgan fingerprint density at radius 1 is 0.511 bits per heavy atom. The molecule has 1 heterocycles. The van der Waals surface area contributed by atoms with Crippen LogP contribution >= 0.6 is 0 Å². The molecule has 4 atom stereocenters. The zero-order valence-electron chi connectivity index (χ0n) is 24.1. The monoisotopic (exact) mass is 582 g/mol. The average molecular weight is 583 g/mol. The molecule has 8 rings (SSSR count). The van der Waals surface area contributed by atoms with E-state index in [4.69, 9.17) is 0 Å². The van der Waals surface area contributed by atoms with Crippen LogP contribution in [0, 0.1) is 23.2 Å². The molecule has 0 aromatic heterocycles. The number of anilines is 1. The summed E-state index contributed by atoms with van der Waals surface area (Å²) in [6.07, 6.45) is 0. The Balaban J connectivity index is 1.54. The Morgan fingerprint density at radius 3 is 1.27 bits per heavy atom. The molecule has 5 aromatic rings. The van der Waals surface area contributed by atoms with Crippen LogP contribution in [-0.2, 0) is 25.2 Å². The van der Waals surface area contributed by atoms with Crippen LogP contribution in [0.5, 0.6) is 0 Å². The molecule has 0 radical (unpaired) electrons. The van der Waals surface area contributed by atoms with Crippen molar-refractivity contribution >= 4 is 34.4 Å². The van der Waals surface area contributed by atoms with Crippen molar-refractivity contribution in [3.05, 3.63) is 173 Å². The van der Waals surface area contributed by atoms with E-state index in [-0.39, 0.29) is 5.78 Å². The number of hydrogen-bond acceptors (Lipinski definition) is 4. The SMILES string of the molecule is N#Cc1ccc(N2C(=O)[C@@H]3[C@H](C2=O)[C@@]2(c4ccccc4)C(=O)[C@@]3(c3ccccc3)C(c3ccccc3)=C2c2ccccc2)cc1. The van der Waals surface area contributed by atoms with Crippen LogP contribution < -0.4 is 4.90 Å². The zero-order valence-corrected chi connectivity index (χ0v) is 24.1. The molecule has 2 fully saturated rings. The fourth-order valence-corrected chi connectivity index (χ4v) is 8.27. The standard InChI is InChI=1S/C40H26N2O3/c41-25-26-21-23-31(24-22-26)42-36(43)34-35(37(42)44)40(30-19-11-4-12-20-30)33(28-15-7-2-8-16-28)32(27-13-5-1-6-14-27)39(34,38(40)45)29-17-9-3-10-18-29/h1-24,34-35H/t34-,35+,39-,40-/m0/s1. The van der Waals surface area contributed by atoms with E-state index < -0.39 is 34.5 Å². The number of rotatable bonds is 5. The Kier molecular flexibility index (Phi) is 5.84. The Bertz CT molecular complexity index is 1950. The van der Waals surface area contributed by atoms with Crippen LogP contribution in [-0.4, -0.2) is 17.6 Å². The van der Waals surface area contributed by atoms with Gasteiger partial charge in [0.15, 0.2) is 5.78 Å². The third kappa shape index (κ3) is 3.34. The van der Waals surface area contributed by atoms with Crippen molar-refractivity contribution in [3.63, 3.8) is 0 Å². The first-order chi connectivity index (χ1) is 22.1. The number of amides is 2. The Morgan fingerprint density at radius 2 is 0.889 bits per heavy atom. The minimum atomic E-state index is -1.44. The molecular formula is C40H26N2O3. The smallest absolute Gasteiger partial charge is 0.239 e. The van der Waals surface area contributed by atoms with Gasteiger partial charge in [-0.3, -0.25) is 14.4 Å². The number of fused-ring (bicyclic) bond motifs is 5. The highest BCUT2D eigenvalue weighted by atomic mass is 16.2. The van der Waals surface area contributed by atoms with Crippen LogP contribution in [0.3, 0.4) is 0 Å². The molecule has 0 N–H and O–H groups in total. The van der Waals surface area contributed by atoms with E-state index in [9.17, 15) is 14.9 Å². The second kappa shape index (κ2) is 9.83. The van der Waals surface area contributed by atoms with Gasteiger partial charge in [0.2, 0.25) is 11.8 Å². The average Bonchev–Trinajstić information content (AvgIpc) is 3.62. The number of hydrogen-bond donors (Lipinski definition) is 0. The zero-order chi connectivity index (χ0) is 30.8. The van der Waals surface area contributed by atoms with Crippen molar-refractivity contribution in [2.24, 2.45) is 11.8 Å². The Labute approximate surface area is 260 Å². The molecule has 2 bridgehead atoms. The molecule has 3 aliphatic rings. The van der Waals surface area contributed by atoms with Crippen molar-refractivity contribution in [2.75, 3.05) is 4.90 Å². The lowest BCUT2D eigenvalue weighted by Crippen LogP contribution is -2.45. The van der Waals surface area contributed by atoms with Crippen molar-refractivity contribution in [1.29, 1.82) is 5.26 Å². The van der Waals surface area contributed by atoms with E-state index in [0.717, 1.165) is 22.3 Å². The van der Waals surface area contributed by atoms with E-state index in [0.29, 0.717) is 22.4 Å². The van der Waals surface area contributed by atoms with E-state index in [1.807, 2.05) is 121 Å². The summed E-state index contributed by atoms with van der Waals surface area (Å²) in [4.78, 5) is 46.9. The quantitative estimate of drug-likeness (QED) is 0.215. The number of benzene rings is 5. The highest BCUT2D eigenvalue weighted by Crippen LogP contribution is 2.74. The van der Waals surface area contributed by atoms with Crippen molar-refractivity contribution in [2.45, 2.75) is 10.8 Å². The molecule has 1 saturated heterocycles. The molecule has 214 valence electrons. The van der Waals surface area contributed by atoms with Crippen molar-refractivity contribution < 1.29 is 14.4 Å². The minimum absolute atomic E-state index is 0.152. The van der Waals surface area contributed by atoms with Gasteiger partial charge in [0.05, 0.1) is 40.0 Å². The number of carbonyl (C=O) groups is 3. The summed E-state index contributed by atoms with van der Waals surface area (Å²) < 4.78 is 0. The maximum Gasteiger partial charge on any atom is 0.239 e. The minimum Gasteiger partial charge on any atom is -0.297 e. The molecular weight excluding hydrogens is 556 g/mol. The lowest BCUT2D eigenvalue weighted by molar-refractivity contribution is -0.130. The second-order valence-electron chi connectivity index (χ2n) is 11.8. The molecule has 0 spiro atoms. The summed E-state index contributed by atoms with van der Waals surface area (Å²) in [5, 5.41) is 9.39. The van der Waals surface area contributed by atoms with Crippen LogP contribution in [0.15, 0.2) is 146 Å². The second-order valence-corrected chi connectivity index (χ2v) is 11.8. The number of allylic oxidation sites excluding steroid dienone is 2. The third-order valence-electron chi connectivity index (χ3n) is 9.83. The van der Waals surface area contributed by atoms with Gasteiger partial charge in [-0.05, 0) is 57.7 Å². The van der Waals surface area contributed by atoms with Crippen LogP contribution in [0.25, 0.3) is 11.1 Å². The van der Waals surface area contributed by atoms with E-state index in [1.165, 1.54) is 4.90 Å². The maximum atomic E-state index is 15.8. The summed E-state index contributed by atoms with van der Waals surface area (Å²) in [7, 11) is 0. The molecule has 45 heavy (non-hydrogen) atoms. The highest BCUT2D eigenvalue weighted by molar-refractivity contribution is 6.39. The molecule has 2 aliphatic carbocycles. The molecule has 2 amide bonds. The van der Waals surface area contributed by atoms with E-state index in [1.54, 1.807) is 24.3 Å². The summed E-state index contributed by atoms with van der Waals surface area (Å²) in [6, 6.07) is 47.1.